The summed E-state index contributed by atoms with van der Waals surface area (Å²) in [5.41, 5.74) is 0.961. The minimum Gasteiger partial charge on any atom is -0.207 e. The van der Waals surface area contributed by atoms with Gasteiger partial charge in [-0.2, -0.15) is 0 Å². The summed E-state index contributed by atoms with van der Waals surface area (Å²) < 4.78 is 40.8. The van der Waals surface area contributed by atoms with Crippen LogP contribution in [0.2, 0.25) is 0 Å². The molecule has 116 valence electrons. The fourth-order valence-corrected chi connectivity index (χ4v) is 4.00. The van der Waals surface area contributed by atoms with Crippen LogP contribution in [0.3, 0.4) is 0 Å². The van der Waals surface area contributed by atoms with Crippen LogP contribution in [0, 0.1) is 17.7 Å². The van der Waals surface area contributed by atoms with E-state index in [2.05, 4.69) is 11.6 Å². The molecule has 0 saturated heterocycles. The lowest BCUT2D eigenvalue weighted by atomic mass is 10.0. The summed E-state index contributed by atoms with van der Waals surface area (Å²) >= 11 is 0. The van der Waals surface area contributed by atoms with Gasteiger partial charge in [-0.3, -0.25) is 0 Å². The number of benzene rings is 2. The monoisotopic (exact) mass is 319 g/mol. The van der Waals surface area contributed by atoms with Crippen LogP contribution in [0.25, 0.3) is 0 Å². The summed E-state index contributed by atoms with van der Waals surface area (Å²) in [5.74, 6) is 0.355. The van der Waals surface area contributed by atoms with Crippen LogP contribution in [-0.2, 0) is 10.0 Å². The van der Waals surface area contributed by atoms with E-state index in [1.807, 2.05) is 30.3 Å². The number of nitrogens with one attached hydrogen (secondary N) is 1. The van der Waals surface area contributed by atoms with E-state index in [1.54, 1.807) is 0 Å². The van der Waals surface area contributed by atoms with Gasteiger partial charge in [-0.1, -0.05) is 37.3 Å². The molecule has 22 heavy (non-hydrogen) atoms. The zero-order chi connectivity index (χ0) is 15.7. The highest BCUT2D eigenvalue weighted by atomic mass is 32.2. The van der Waals surface area contributed by atoms with Crippen LogP contribution in [0.15, 0.2) is 59.5 Å². The first-order chi connectivity index (χ1) is 10.5. The van der Waals surface area contributed by atoms with Gasteiger partial charge >= 0.3 is 0 Å². The van der Waals surface area contributed by atoms with Crippen molar-refractivity contribution in [1.82, 2.24) is 4.72 Å². The molecule has 1 aliphatic rings. The Morgan fingerprint density at radius 1 is 1.09 bits per heavy atom. The lowest BCUT2D eigenvalue weighted by Gasteiger charge is -2.19. The highest BCUT2D eigenvalue weighted by Gasteiger charge is 2.42. The van der Waals surface area contributed by atoms with E-state index in [4.69, 9.17) is 0 Å². The van der Waals surface area contributed by atoms with E-state index < -0.39 is 15.8 Å². The molecule has 0 spiro atoms. The molecular formula is C17H18FNO2S. The second kappa shape index (κ2) is 5.82. The van der Waals surface area contributed by atoms with Crippen molar-refractivity contribution in [3.8, 4) is 0 Å². The maximum atomic E-state index is 13.0. The molecule has 1 N–H and O–H groups in total. The molecular weight excluding hydrogens is 301 g/mol. The van der Waals surface area contributed by atoms with Crippen LogP contribution in [0.5, 0.6) is 0 Å². The molecule has 0 radical (unpaired) electrons. The molecule has 1 aliphatic carbocycles. The summed E-state index contributed by atoms with van der Waals surface area (Å²) in [7, 11) is -3.67. The van der Waals surface area contributed by atoms with Crippen molar-refractivity contribution in [3.05, 3.63) is 66.0 Å². The smallest absolute Gasteiger partial charge is 0.207 e. The van der Waals surface area contributed by atoms with Crippen LogP contribution in [0.1, 0.15) is 24.9 Å². The molecule has 0 bridgehead atoms. The summed E-state index contributed by atoms with van der Waals surface area (Å²) in [6.45, 7) is 2.12. The van der Waals surface area contributed by atoms with Gasteiger partial charge in [-0.25, -0.2) is 17.5 Å². The van der Waals surface area contributed by atoms with E-state index in [1.165, 1.54) is 12.1 Å². The SMILES string of the molecule is CC1CC1C(NS(=O)(=O)c1ccc(F)cc1)c1ccccc1. The Hall–Kier alpha value is -1.72. The molecule has 3 atom stereocenters. The van der Waals surface area contributed by atoms with Crippen molar-refractivity contribution in [3.63, 3.8) is 0 Å². The zero-order valence-corrected chi connectivity index (χ0v) is 13.1. The van der Waals surface area contributed by atoms with Crippen LogP contribution in [0.4, 0.5) is 4.39 Å². The molecule has 5 heteroatoms. The highest BCUT2D eigenvalue weighted by Crippen LogP contribution is 2.47. The molecule has 0 aliphatic heterocycles. The Balaban J connectivity index is 1.88. The van der Waals surface area contributed by atoms with E-state index in [-0.39, 0.29) is 10.9 Å². The van der Waals surface area contributed by atoms with E-state index >= 15 is 0 Å². The average Bonchev–Trinajstić information content (AvgIpc) is 3.23. The highest BCUT2D eigenvalue weighted by molar-refractivity contribution is 7.89. The van der Waals surface area contributed by atoms with Gasteiger partial charge in [-0.15, -0.1) is 0 Å². The predicted molar refractivity (Wildman–Crippen MR) is 83.2 cm³/mol. The van der Waals surface area contributed by atoms with Crippen molar-refractivity contribution >= 4 is 10.0 Å². The van der Waals surface area contributed by atoms with E-state index in [0.29, 0.717) is 11.8 Å². The molecule has 0 amide bonds. The molecule has 1 saturated carbocycles. The van der Waals surface area contributed by atoms with Gasteiger partial charge < -0.3 is 0 Å². The van der Waals surface area contributed by atoms with E-state index in [0.717, 1.165) is 24.1 Å². The maximum absolute atomic E-state index is 13.0. The van der Waals surface area contributed by atoms with E-state index in [9.17, 15) is 12.8 Å². The third-order valence-electron chi connectivity index (χ3n) is 4.16. The second-order valence-electron chi connectivity index (χ2n) is 5.84. The Morgan fingerprint density at radius 2 is 1.68 bits per heavy atom. The molecule has 2 aromatic carbocycles. The zero-order valence-electron chi connectivity index (χ0n) is 12.2. The number of rotatable bonds is 5. The van der Waals surface area contributed by atoms with Crippen LogP contribution < -0.4 is 4.72 Å². The van der Waals surface area contributed by atoms with Crippen molar-refractivity contribution in [2.45, 2.75) is 24.3 Å². The van der Waals surface area contributed by atoms with Crippen LogP contribution in [-0.4, -0.2) is 8.42 Å². The molecule has 3 unspecified atom stereocenters. The van der Waals surface area contributed by atoms with Gasteiger partial charge in [0.15, 0.2) is 0 Å². The molecule has 2 aromatic rings. The molecule has 0 aromatic heterocycles. The van der Waals surface area contributed by atoms with Crippen molar-refractivity contribution in [2.24, 2.45) is 11.8 Å². The van der Waals surface area contributed by atoms with Gasteiger partial charge in [0.05, 0.1) is 10.9 Å². The Labute approximate surface area is 130 Å². The topological polar surface area (TPSA) is 46.2 Å². The average molecular weight is 319 g/mol. The Kier molecular flexibility index (Phi) is 4.02. The minimum atomic E-state index is -3.67. The number of sulfonamides is 1. The van der Waals surface area contributed by atoms with Gasteiger partial charge in [0.1, 0.15) is 5.82 Å². The number of halogens is 1. The fourth-order valence-electron chi connectivity index (χ4n) is 2.73. The van der Waals surface area contributed by atoms with Crippen molar-refractivity contribution in [1.29, 1.82) is 0 Å². The third-order valence-corrected chi connectivity index (χ3v) is 5.62. The van der Waals surface area contributed by atoms with Gasteiger partial charge in [0, 0.05) is 0 Å². The first-order valence-electron chi connectivity index (χ1n) is 7.30. The standard InChI is InChI=1S/C17H18FNO2S/c1-12-11-16(12)17(13-5-3-2-4-6-13)19-22(20,21)15-9-7-14(18)8-10-15/h2-10,12,16-17,19H,11H2,1H3. The number of hydrogen-bond donors (Lipinski definition) is 1. The molecule has 1 fully saturated rings. The normalized spacial score (nSPS) is 22.3. The maximum Gasteiger partial charge on any atom is 0.241 e. The first-order valence-corrected chi connectivity index (χ1v) is 8.78. The van der Waals surface area contributed by atoms with Gasteiger partial charge in [0.2, 0.25) is 10.0 Å². The lowest BCUT2D eigenvalue weighted by molar-refractivity contribution is 0.513. The van der Waals surface area contributed by atoms with Gasteiger partial charge in [0.25, 0.3) is 0 Å². The largest absolute Gasteiger partial charge is 0.241 e. The van der Waals surface area contributed by atoms with Crippen molar-refractivity contribution < 1.29 is 12.8 Å². The minimum absolute atomic E-state index is 0.0862. The lowest BCUT2D eigenvalue weighted by Crippen LogP contribution is -2.30. The summed E-state index contributed by atoms with van der Waals surface area (Å²) in [5, 5.41) is 0. The summed E-state index contributed by atoms with van der Waals surface area (Å²) in [6.07, 6.45) is 1.01. The molecule has 3 nitrogen and oxygen atoms in total. The fraction of sp³-hybridized carbons (Fsp3) is 0.294. The Morgan fingerprint density at radius 3 is 2.23 bits per heavy atom. The summed E-state index contributed by atoms with van der Waals surface area (Å²) in [6, 6.07) is 14.2. The predicted octanol–water partition coefficient (Wildman–Crippen LogP) is 3.50. The third kappa shape index (κ3) is 3.20. The summed E-state index contributed by atoms with van der Waals surface area (Å²) in [4.78, 5) is 0.0862. The van der Waals surface area contributed by atoms with Gasteiger partial charge in [-0.05, 0) is 48.1 Å². The molecule has 3 rings (SSSR count). The first kappa shape index (κ1) is 15.2. The van der Waals surface area contributed by atoms with Crippen molar-refractivity contribution in [2.75, 3.05) is 0 Å². The van der Waals surface area contributed by atoms with Crippen LogP contribution >= 0.6 is 0 Å². The Bertz CT molecular complexity index is 744. The number of hydrogen-bond acceptors (Lipinski definition) is 2. The second-order valence-corrected chi connectivity index (χ2v) is 7.55. The molecule has 0 heterocycles. The quantitative estimate of drug-likeness (QED) is 0.917.